The van der Waals surface area contributed by atoms with E-state index in [1.165, 1.54) is 25.7 Å². The molecule has 6 nitrogen and oxygen atoms in total. The van der Waals surface area contributed by atoms with E-state index in [2.05, 4.69) is 20.3 Å². The van der Waals surface area contributed by atoms with Crippen LogP contribution in [0.15, 0.2) is 36.9 Å². The predicted octanol–water partition coefficient (Wildman–Crippen LogP) is 1.13. The van der Waals surface area contributed by atoms with Crippen LogP contribution in [0.1, 0.15) is 10.4 Å². The van der Waals surface area contributed by atoms with Crippen LogP contribution in [0, 0.1) is 0 Å². The number of aromatic nitrogens is 3. The lowest BCUT2D eigenvalue weighted by Crippen LogP contribution is -2.12. The Kier molecular flexibility index (Phi) is 3.25. The Bertz CT molecular complexity index is 499. The molecular weight excluding hydrogens is 220 g/mol. The molecule has 0 unspecified atom stereocenters. The number of nitrogens with zero attached hydrogens (tertiary/aromatic N) is 3. The first-order chi connectivity index (χ1) is 8.29. The lowest BCUT2D eigenvalue weighted by molar-refractivity contribution is 0.102. The lowest BCUT2D eigenvalue weighted by Gasteiger charge is -2.04. The fourth-order valence-corrected chi connectivity index (χ4v) is 1.19. The zero-order valence-electron chi connectivity index (χ0n) is 9.12. The third-order valence-corrected chi connectivity index (χ3v) is 1.99. The van der Waals surface area contributed by atoms with Gasteiger partial charge in [0.25, 0.3) is 5.91 Å². The van der Waals surface area contributed by atoms with Gasteiger partial charge in [0, 0.05) is 12.4 Å². The third-order valence-electron chi connectivity index (χ3n) is 1.99. The standard InChI is InChI=1S/C11H10N4O2/c1-17-11-13-6-9(7-14-11)15-10(16)8-3-2-4-12-5-8/h2-7H,1H3,(H,15,16). The van der Waals surface area contributed by atoms with Crippen molar-refractivity contribution in [1.29, 1.82) is 0 Å². The smallest absolute Gasteiger partial charge is 0.316 e. The summed E-state index contributed by atoms with van der Waals surface area (Å²) in [6.07, 6.45) is 6.03. The van der Waals surface area contributed by atoms with E-state index in [9.17, 15) is 4.79 Å². The quantitative estimate of drug-likeness (QED) is 0.855. The number of ether oxygens (including phenoxy) is 1. The zero-order valence-corrected chi connectivity index (χ0v) is 9.12. The molecule has 2 aromatic heterocycles. The van der Waals surface area contributed by atoms with Gasteiger partial charge in [0.2, 0.25) is 0 Å². The summed E-state index contributed by atoms with van der Waals surface area (Å²) in [5.74, 6) is -0.258. The second-order valence-electron chi connectivity index (χ2n) is 3.15. The van der Waals surface area contributed by atoms with Crippen molar-refractivity contribution in [2.24, 2.45) is 0 Å². The largest absolute Gasteiger partial charge is 0.467 e. The predicted molar refractivity (Wildman–Crippen MR) is 60.8 cm³/mol. The molecule has 2 heterocycles. The van der Waals surface area contributed by atoms with E-state index >= 15 is 0 Å². The fraction of sp³-hybridized carbons (Fsp3) is 0.0909. The van der Waals surface area contributed by atoms with Gasteiger partial charge in [-0.1, -0.05) is 0 Å². The maximum Gasteiger partial charge on any atom is 0.316 e. The molecule has 0 atom stereocenters. The minimum absolute atomic E-state index is 0.254. The van der Waals surface area contributed by atoms with Crippen LogP contribution in [0.3, 0.4) is 0 Å². The number of hydrogen-bond donors (Lipinski definition) is 1. The minimum Gasteiger partial charge on any atom is -0.467 e. The maximum atomic E-state index is 11.7. The number of rotatable bonds is 3. The van der Waals surface area contributed by atoms with Crippen molar-refractivity contribution in [2.45, 2.75) is 0 Å². The number of anilines is 1. The van der Waals surface area contributed by atoms with Gasteiger partial charge in [-0.3, -0.25) is 9.78 Å². The number of pyridine rings is 1. The Morgan fingerprint density at radius 1 is 1.29 bits per heavy atom. The molecule has 0 fully saturated rings. The molecule has 1 N–H and O–H groups in total. The van der Waals surface area contributed by atoms with Gasteiger partial charge < -0.3 is 10.1 Å². The average Bonchev–Trinajstić information content (AvgIpc) is 2.40. The summed E-state index contributed by atoms with van der Waals surface area (Å²) in [5.41, 5.74) is 0.975. The van der Waals surface area contributed by atoms with E-state index in [4.69, 9.17) is 4.74 Å². The van der Waals surface area contributed by atoms with Crippen LogP contribution in [-0.2, 0) is 0 Å². The summed E-state index contributed by atoms with van der Waals surface area (Å²) in [6, 6.07) is 3.62. The highest BCUT2D eigenvalue weighted by Crippen LogP contribution is 2.08. The van der Waals surface area contributed by atoms with Gasteiger partial charge in [0.1, 0.15) is 0 Å². The Hall–Kier alpha value is -2.50. The van der Waals surface area contributed by atoms with E-state index < -0.39 is 0 Å². The molecule has 0 spiro atoms. The highest BCUT2D eigenvalue weighted by molar-refractivity contribution is 6.03. The molecule has 2 rings (SSSR count). The van der Waals surface area contributed by atoms with Crippen molar-refractivity contribution in [2.75, 3.05) is 12.4 Å². The van der Waals surface area contributed by atoms with Crippen molar-refractivity contribution in [3.63, 3.8) is 0 Å². The fourth-order valence-electron chi connectivity index (χ4n) is 1.19. The third kappa shape index (κ3) is 2.75. The van der Waals surface area contributed by atoms with Gasteiger partial charge >= 0.3 is 6.01 Å². The van der Waals surface area contributed by atoms with E-state index in [1.54, 1.807) is 18.3 Å². The molecule has 6 heteroatoms. The van der Waals surface area contributed by atoms with Gasteiger partial charge in [-0.25, -0.2) is 9.97 Å². The summed E-state index contributed by atoms with van der Waals surface area (Å²) in [5, 5.41) is 2.65. The number of hydrogen-bond acceptors (Lipinski definition) is 5. The molecular formula is C11H10N4O2. The first-order valence-electron chi connectivity index (χ1n) is 4.87. The molecule has 0 saturated carbocycles. The molecule has 1 amide bonds. The Morgan fingerprint density at radius 2 is 2.06 bits per heavy atom. The summed E-state index contributed by atoms with van der Waals surface area (Å²) < 4.78 is 4.81. The number of nitrogens with one attached hydrogen (secondary N) is 1. The molecule has 0 aromatic carbocycles. The van der Waals surface area contributed by atoms with E-state index in [0.29, 0.717) is 11.3 Å². The number of amides is 1. The molecule has 0 radical (unpaired) electrons. The maximum absolute atomic E-state index is 11.7. The summed E-state index contributed by atoms with van der Waals surface area (Å²) in [6.45, 7) is 0. The molecule has 2 aromatic rings. The van der Waals surface area contributed by atoms with Gasteiger partial charge in [0.05, 0.1) is 30.8 Å². The normalized spacial score (nSPS) is 9.71. The van der Waals surface area contributed by atoms with Crippen LogP contribution in [0.2, 0.25) is 0 Å². The van der Waals surface area contributed by atoms with Crippen molar-refractivity contribution in [1.82, 2.24) is 15.0 Å². The number of carbonyl (C=O) groups excluding carboxylic acids is 1. The second kappa shape index (κ2) is 5.02. The van der Waals surface area contributed by atoms with Crippen LogP contribution in [0.5, 0.6) is 6.01 Å². The molecule has 0 bridgehead atoms. The summed E-state index contributed by atoms with van der Waals surface area (Å²) in [7, 11) is 1.48. The highest BCUT2D eigenvalue weighted by atomic mass is 16.5. The first-order valence-corrected chi connectivity index (χ1v) is 4.87. The van der Waals surface area contributed by atoms with Gasteiger partial charge in [-0.05, 0) is 12.1 Å². The Labute approximate surface area is 97.7 Å². The van der Waals surface area contributed by atoms with Gasteiger partial charge in [0.15, 0.2) is 0 Å². The van der Waals surface area contributed by atoms with Crippen molar-refractivity contribution in [3.05, 3.63) is 42.5 Å². The molecule has 0 aliphatic carbocycles. The van der Waals surface area contributed by atoms with Gasteiger partial charge in [-0.15, -0.1) is 0 Å². The highest BCUT2D eigenvalue weighted by Gasteiger charge is 2.06. The number of methoxy groups -OCH3 is 1. The second-order valence-corrected chi connectivity index (χ2v) is 3.15. The van der Waals surface area contributed by atoms with E-state index in [0.717, 1.165) is 0 Å². The van der Waals surface area contributed by atoms with Gasteiger partial charge in [-0.2, -0.15) is 0 Å². The monoisotopic (exact) mass is 230 g/mol. The van der Waals surface area contributed by atoms with Crippen LogP contribution in [-0.4, -0.2) is 28.0 Å². The summed E-state index contributed by atoms with van der Waals surface area (Å²) >= 11 is 0. The van der Waals surface area contributed by atoms with Crippen molar-refractivity contribution >= 4 is 11.6 Å². The molecule has 86 valence electrons. The molecule has 0 saturated heterocycles. The molecule has 0 aliphatic rings. The SMILES string of the molecule is COc1ncc(NC(=O)c2cccnc2)cn1. The van der Waals surface area contributed by atoms with Crippen LogP contribution < -0.4 is 10.1 Å². The van der Waals surface area contributed by atoms with Crippen LogP contribution in [0.25, 0.3) is 0 Å². The Morgan fingerprint density at radius 3 is 2.65 bits per heavy atom. The van der Waals surface area contributed by atoms with E-state index in [1.807, 2.05) is 0 Å². The van der Waals surface area contributed by atoms with E-state index in [-0.39, 0.29) is 11.9 Å². The van der Waals surface area contributed by atoms with Crippen LogP contribution >= 0.6 is 0 Å². The van der Waals surface area contributed by atoms with Crippen molar-refractivity contribution in [3.8, 4) is 6.01 Å². The average molecular weight is 230 g/mol. The minimum atomic E-state index is -0.258. The van der Waals surface area contributed by atoms with Crippen molar-refractivity contribution < 1.29 is 9.53 Å². The molecule has 17 heavy (non-hydrogen) atoms. The molecule has 0 aliphatic heterocycles. The number of carbonyl (C=O) groups is 1. The zero-order chi connectivity index (χ0) is 12.1. The Balaban J connectivity index is 2.08. The van der Waals surface area contributed by atoms with Crippen LogP contribution in [0.4, 0.5) is 5.69 Å². The first kappa shape index (κ1) is 11.0. The topological polar surface area (TPSA) is 77.0 Å². The lowest BCUT2D eigenvalue weighted by atomic mass is 10.2. The summed E-state index contributed by atoms with van der Waals surface area (Å²) in [4.78, 5) is 23.4.